The number of ether oxygens (including phenoxy) is 2. The number of aromatic nitrogens is 1. The lowest BCUT2D eigenvalue weighted by atomic mass is 9.85. The number of carboxylic acid groups (broad SMARTS) is 1. The highest BCUT2D eigenvalue weighted by atomic mass is 32.1. The molecule has 13 heteroatoms. The standard InChI is InChI=1S/C35H46N4O8S/c1-35(2,3)31(38-30(41)21-46-15-5-4-6-16-47-27-13-11-25(12-14-27)34(44)45)33(43)39-20-26(40)17-28(39)32(42)37-18-23-7-9-24(10-8-23)29-19-36-22-48-29/h7-14,19,22,26,28,31,33,40,43H,4-6,15-18,20-21H2,1-3H3,(H,37,42)(H,38,41)(H,44,45)/t26-,28+,31-,33?/m1/s1. The van der Waals surface area contributed by atoms with Gasteiger partial charge in [-0.2, -0.15) is 0 Å². The molecule has 4 rings (SSSR count). The molecule has 1 fully saturated rings. The summed E-state index contributed by atoms with van der Waals surface area (Å²) in [6.45, 7) is 6.73. The molecule has 0 bridgehead atoms. The summed E-state index contributed by atoms with van der Waals surface area (Å²) in [6.07, 6.45) is 2.27. The van der Waals surface area contributed by atoms with Gasteiger partial charge in [0.05, 0.1) is 40.7 Å². The normalized spacial score (nSPS) is 17.9. The van der Waals surface area contributed by atoms with E-state index >= 15 is 0 Å². The van der Waals surface area contributed by atoms with Crippen molar-refractivity contribution in [1.29, 1.82) is 0 Å². The Bertz CT molecular complexity index is 1460. The van der Waals surface area contributed by atoms with Gasteiger partial charge >= 0.3 is 5.97 Å². The fraction of sp³-hybridized carbons (Fsp3) is 0.486. The molecule has 1 saturated heterocycles. The smallest absolute Gasteiger partial charge is 0.335 e. The first kappa shape index (κ1) is 36.9. The number of benzene rings is 2. The van der Waals surface area contributed by atoms with Crippen LogP contribution in [0.25, 0.3) is 10.4 Å². The van der Waals surface area contributed by atoms with Crippen LogP contribution in [-0.2, 0) is 20.9 Å². The molecule has 1 aliphatic rings. The molecular weight excluding hydrogens is 636 g/mol. The number of carbonyl (C=O) groups excluding carboxylic acids is 2. The third-order valence-corrected chi connectivity index (χ3v) is 9.00. The molecule has 2 heterocycles. The summed E-state index contributed by atoms with van der Waals surface area (Å²) in [4.78, 5) is 43.8. The monoisotopic (exact) mass is 682 g/mol. The number of aliphatic hydroxyl groups excluding tert-OH is 2. The Morgan fingerprint density at radius 1 is 1.04 bits per heavy atom. The van der Waals surface area contributed by atoms with Crippen LogP contribution in [0.1, 0.15) is 62.4 Å². The van der Waals surface area contributed by atoms with Gasteiger partial charge in [-0.15, -0.1) is 11.3 Å². The predicted molar refractivity (Wildman–Crippen MR) is 181 cm³/mol. The fourth-order valence-electron chi connectivity index (χ4n) is 5.52. The Balaban J connectivity index is 1.20. The molecule has 1 unspecified atom stereocenters. The number of aliphatic hydroxyl groups is 2. The second-order valence-corrected chi connectivity index (χ2v) is 13.9. The van der Waals surface area contributed by atoms with Crippen molar-refractivity contribution in [3.63, 3.8) is 0 Å². The number of amides is 2. The maximum Gasteiger partial charge on any atom is 0.335 e. The first-order chi connectivity index (χ1) is 22.9. The Morgan fingerprint density at radius 2 is 1.75 bits per heavy atom. The number of nitrogens with one attached hydrogen (secondary N) is 2. The number of carbonyl (C=O) groups is 3. The van der Waals surface area contributed by atoms with E-state index in [1.54, 1.807) is 33.9 Å². The van der Waals surface area contributed by atoms with E-state index in [-0.39, 0.29) is 37.0 Å². The van der Waals surface area contributed by atoms with E-state index in [0.717, 1.165) is 35.3 Å². The third kappa shape index (κ3) is 10.8. The van der Waals surface area contributed by atoms with E-state index in [1.165, 1.54) is 12.1 Å². The van der Waals surface area contributed by atoms with Crippen molar-refractivity contribution in [2.24, 2.45) is 5.41 Å². The molecule has 260 valence electrons. The topological polar surface area (TPSA) is 171 Å². The van der Waals surface area contributed by atoms with Crippen molar-refractivity contribution in [3.05, 3.63) is 71.4 Å². The van der Waals surface area contributed by atoms with E-state index in [9.17, 15) is 24.6 Å². The molecule has 2 aromatic carbocycles. The van der Waals surface area contributed by atoms with Gasteiger partial charge in [0.2, 0.25) is 11.8 Å². The maximum absolute atomic E-state index is 13.3. The van der Waals surface area contributed by atoms with Crippen molar-refractivity contribution >= 4 is 29.1 Å². The molecule has 5 N–H and O–H groups in total. The zero-order valence-electron chi connectivity index (χ0n) is 27.6. The maximum atomic E-state index is 13.3. The summed E-state index contributed by atoms with van der Waals surface area (Å²) >= 11 is 1.55. The van der Waals surface area contributed by atoms with Crippen LogP contribution >= 0.6 is 11.3 Å². The zero-order valence-corrected chi connectivity index (χ0v) is 28.4. The van der Waals surface area contributed by atoms with Crippen molar-refractivity contribution in [1.82, 2.24) is 20.5 Å². The van der Waals surface area contributed by atoms with Crippen molar-refractivity contribution in [2.75, 3.05) is 26.4 Å². The van der Waals surface area contributed by atoms with Crippen LogP contribution < -0.4 is 15.4 Å². The summed E-state index contributed by atoms with van der Waals surface area (Å²) in [5.41, 5.74) is 3.38. The number of thiazole rings is 1. The molecule has 4 atom stereocenters. The van der Waals surface area contributed by atoms with Gasteiger partial charge in [0, 0.05) is 25.9 Å². The van der Waals surface area contributed by atoms with Crippen LogP contribution in [-0.4, -0.2) is 93.8 Å². The number of hydrogen-bond donors (Lipinski definition) is 5. The number of aromatic carboxylic acids is 1. The van der Waals surface area contributed by atoms with Crippen LogP contribution in [0.3, 0.4) is 0 Å². The Morgan fingerprint density at radius 3 is 2.40 bits per heavy atom. The highest BCUT2D eigenvalue weighted by molar-refractivity contribution is 7.13. The summed E-state index contributed by atoms with van der Waals surface area (Å²) < 4.78 is 11.2. The summed E-state index contributed by atoms with van der Waals surface area (Å²) in [5.74, 6) is -1.07. The molecule has 12 nitrogen and oxygen atoms in total. The number of likely N-dealkylation sites (tertiary alicyclic amines) is 1. The Kier molecular flexibility index (Phi) is 13.5. The van der Waals surface area contributed by atoms with Crippen molar-refractivity contribution in [2.45, 2.75) is 77.4 Å². The Labute approximate surface area is 285 Å². The van der Waals surface area contributed by atoms with E-state index in [0.29, 0.717) is 25.5 Å². The molecule has 1 aliphatic heterocycles. The first-order valence-electron chi connectivity index (χ1n) is 16.1. The van der Waals surface area contributed by atoms with E-state index in [4.69, 9.17) is 14.6 Å². The Hall–Kier alpha value is -3.88. The summed E-state index contributed by atoms with van der Waals surface area (Å²) in [5, 5.41) is 36.8. The number of unbranched alkanes of at least 4 members (excludes halogenated alkanes) is 2. The third-order valence-electron chi connectivity index (χ3n) is 8.18. The van der Waals surface area contributed by atoms with Gasteiger partial charge in [-0.1, -0.05) is 45.0 Å². The van der Waals surface area contributed by atoms with Crippen LogP contribution in [0.15, 0.2) is 60.2 Å². The lowest BCUT2D eigenvalue weighted by Gasteiger charge is -2.40. The second-order valence-electron chi connectivity index (χ2n) is 13.0. The molecule has 1 aromatic heterocycles. The van der Waals surface area contributed by atoms with Crippen LogP contribution in [0.2, 0.25) is 0 Å². The van der Waals surface area contributed by atoms with E-state index < -0.39 is 35.8 Å². The van der Waals surface area contributed by atoms with Gasteiger partial charge in [0.1, 0.15) is 18.6 Å². The SMILES string of the molecule is CC(C)(C)[C@H](NC(=O)COCCCCCOc1ccc(C(=O)O)cc1)C(O)N1C[C@H](O)C[C@H]1C(=O)NCc1ccc(-c2cncs2)cc1. The van der Waals surface area contributed by atoms with Gasteiger partial charge in [0.25, 0.3) is 0 Å². The lowest BCUT2D eigenvalue weighted by molar-refractivity contribution is -0.136. The highest BCUT2D eigenvalue weighted by Crippen LogP contribution is 2.29. The largest absolute Gasteiger partial charge is 0.494 e. The van der Waals surface area contributed by atoms with Gasteiger partial charge in [-0.05, 0) is 66.5 Å². The van der Waals surface area contributed by atoms with Gasteiger partial charge < -0.3 is 35.4 Å². The van der Waals surface area contributed by atoms with Crippen molar-refractivity contribution < 1.29 is 39.2 Å². The van der Waals surface area contributed by atoms with Gasteiger partial charge in [-0.25, -0.2) is 4.79 Å². The van der Waals surface area contributed by atoms with E-state index in [2.05, 4.69) is 15.6 Å². The molecule has 3 aromatic rings. The number of β-amino-alcohol motifs (C(OH)–C–C–N with tert-alkyl or cyclic N) is 1. The minimum atomic E-state index is -1.22. The molecule has 0 aliphatic carbocycles. The zero-order chi connectivity index (χ0) is 34.7. The van der Waals surface area contributed by atoms with Crippen LogP contribution in [0.5, 0.6) is 5.75 Å². The van der Waals surface area contributed by atoms with Gasteiger partial charge in [-0.3, -0.25) is 19.5 Å². The number of rotatable bonds is 17. The van der Waals surface area contributed by atoms with E-state index in [1.807, 2.05) is 51.2 Å². The average Bonchev–Trinajstić information content (AvgIpc) is 3.74. The number of carboxylic acids is 1. The fourth-order valence-corrected chi connectivity index (χ4v) is 6.15. The minimum absolute atomic E-state index is 0.0963. The molecule has 0 radical (unpaired) electrons. The first-order valence-corrected chi connectivity index (χ1v) is 17.0. The highest BCUT2D eigenvalue weighted by Gasteiger charge is 2.45. The molecule has 2 amide bonds. The predicted octanol–water partition coefficient (Wildman–Crippen LogP) is 3.67. The quantitative estimate of drug-likeness (QED) is 0.132. The minimum Gasteiger partial charge on any atom is -0.494 e. The summed E-state index contributed by atoms with van der Waals surface area (Å²) in [6, 6.07) is 12.6. The molecule has 0 spiro atoms. The number of nitrogens with zero attached hydrogens (tertiary/aromatic N) is 2. The molecule has 48 heavy (non-hydrogen) atoms. The number of hydrogen-bond acceptors (Lipinski definition) is 10. The van der Waals surface area contributed by atoms with Crippen LogP contribution in [0, 0.1) is 5.41 Å². The average molecular weight is 683 g/mol. The second kappa shape index (κ2) is 17.5. The molecule has 0 saturated carbocycles. The van der Waals surface area contributed by atoms with Crippen LogP contribution in [0.4, 0.5) is 0 Å². The van der Waals surface area contributed by atoms with Gasteiger partial charge in [0.15, 0.2) is 0 Å². The van der Waals surface area contributed by atoms with Crippen molar-refractivity contribution in [3.8, 4) is 16.2 Å². The lowest BCUT2D eigenvalue weighted by Crippen LogP contribution is -2.60. The molecular formula is C35H46N4O8S. The summed E-state index contributed by atoms with van der Waals surface area (Å²) in [7, 11) is 0.